The van der Waals surface area contributed by atoms with Crippen molar-refractivity contribution >= 4 is 11.6 Å². The lowest BCUT2D eigenvalue weighted by Crippen LogP contribution is -3.15. The number of amides is 1. The van der Waals surface area contributed by atoms with Crippen LogP contribution in [-0.2, 0) is 0 Å². The highest BCUT2D eigenvalue weighted by Crippen LogP contribution is 2.19. The first kappa shape index (κ1) is 20.0. The number of hydrogen-bond acceptors (Lipinski definition) is 4. The summed E-state index contributed by atoms with van der Waals surface area (Å²) in [4.78, 5) is 16.3. The Hall–Kier alpha value is -3.25. The number of quaternary nitrogens is 1. The van der Waals surface area contributed by atoms with Crippen LogP contribution in [0.15, 0.2) is 77.4 Å². The Kier molecular flexibility index (Phi) is 6.35. The van der Waals surface area contributed by atoms with E-state index in [1.165, 1.54) is 10.6 Å². The maximum absolute atomic E-state index is 12.5. The van der Waals surface area contributed by atoms with Crippen molar-refractivity contribution in [1.82, 2.24) is 5.32 Å². The van der Waals surface area contributed by atoms with Crippen LogP contribution < -0.4 is 19.9 Å². The summed E-state index contributed by atoms with van der Waals surface area (Å²) in [5.41, 5.74) is 1.89. The number of rotatable bonds is 7. The number of carbonyl (C=O) groups excluding carboxylic acids is 1. The quantitative estimate of drug-likeness (QED) is 0.631. The summed E-state index contributed by atoms with van der Waals surface area (Å²) >= 11 is 0. The summed E-state index contributed by atoms with van der Waals surface area (Å²) in [6, 6.07) is 21.5. The molecule has 2 heterocycles. The average Bonchev–Trinajstić information content (AvgIpc) is 3.35. The molecule has 6 heteroatoms. The van der Waals surface area contributed by atoms with Gasteiger partial charge in [-0.25, -0.2) is 0 Å². The molecule has 0 radical (unpaired) electrons. The van der Waals surface area contributed by atoms with Crippen LogP contribution in [0.1, 0.15) is 22.2 Å². The highest BCUT2D eigenvalue weighted by Gasteiger charge is 2.31. The van der Waals surface area contributed by atoms with Gasteiger partial charge in [-0.1, -0.05) is 18.2 Å². The summed E-state index contributed by atoms with van der Waals surface area (Å²) in [5, 5.41) is 3.09. The Balaban J connectivity index is 1.39. The van der Waals surface area contributed by atoms with Crippen molar-refractivity contribution in [3.63, 3.8) is 0 Å². The minimum atomic E-state index is -0.0524. The molecule has 4 rings (SSSR count). The first-order valence-corrected chi connectivity index (χ1v) is 10.3. The van der Waals surface area contributed by atoms with Crippen molar-refractivity contribution in [3.8, 4) is 5.75 Å². The van der Waals surface area contributed by atoms with E-state index >= 15 is 0 Å². The smallest absolute Gasteiger partial charge is 0.251 e. The first-order valence-electron chi connectivity index (χ1n) is 10.3. The third kappa shape index (κ3) is 4.66. The van der Waals surface area contributed by atoms with Crippen LogP contribution in [0.3, 0.4) is 0 Å². The van der Waals surface area contributed by atoms with Crippen LogP contribution >= 0.6 is 0 Å². The van der Waals surface area contributed by atoms with Crippen LogP contribution in [0.4, 0.5) is 5.69 Å². The molecule has 1 aliphatic heterocycles. The summed E-state index contributed by atoms with van der Waals surface area (Å²) in [7, 11) is 1.68. The predicted octanol–water partition coefficient (Wildman–Crippen LogP) is 2.16. The maximum atomic E-state index is 12.5. The second kappa shape index (κ2) is 9.50. The predicted molar refractivity (Wildman–Crippen MR) is 116 cm³/mol. The second-order valence-electron chi connectivity index (χ2n) is 7.49. The zero-order chi connectivity index (χ0) is 20.8. The number of furan rings is 1. The third-order valence-electron chi connectivity index (χ3n) is 5.73. The van der Waals surface area contributed by atoms with E-state index in [0.717, 1.165) is 37.7 Å². The van der Waals surface area contributed by atoms with E-state index in [2.05, 4.69) is 22.3 Å². The van der Waals surface area contributed by atoms with Crippen LogP contribution in [0.5, 0.6) is 5.75 Å². The van der Waals surface area contributed by atoms with Gasteiger partial charge in [0.1, 0.15) is 5.75 Å². The molecule has 1 atom stereocenters. The molecule has 0 bridgehead atoms. The number of piperazine rings is 1. The molecule has 1 aromatic heterocycles. The molecule has 0 saturated carbocycles. The molecule has 156 valence electrons. The molecule has 0 aliphatic carbocycles. The standard InChI is InChI=1S/C24H27N3O3/c1-29-21-11-9-20(10-12-21)26-13-15-27(16-14-26)22(23-8-5-17-30-23)18-25-24(28)19-6-3-2-4-7-19/h2-12,17,22H,13-16,18H2,1H3,(H,25,28)/p+1/t22-/m1/s1. The Morgan fingerprint density at radius 1 is 1.07 bits per heavy atom. The number of nitrogens with one attached hydrogen (secondary N) is 2. The Morgan fingerprint density at radius 3 is 2.43 bits per heavy atom. The zero-order valence-corrected chi connectivity index (χ0v) is 17.2. The summed E-state index contributed by atoms with van der Waals surface area (Å²) < 4.78 is 11.0. The molecule has 1 fully saturated rings. The number of hydrogen-bond donors (Lipinski definition) is 2. The molecule has 1 saturated heterocycles. The van der Waals surface area contributed by atoms with Gasteiger partial charge in [-0.3, -0.25) is 4.79 Å². The molecule has 30 heavy (non-hydrogen) atoms. The molecule has 2 N–H and O–H groups in total. The van der Waals surface area contributed by atoms with Crippen molar-refractivity contribution < 1.29 is 18.8 Å². The average molecular weight is 407 g/mol. The normalized spacial score (nSPS) is 15.6. The van der Waals surface area contributed by atoms with Gasteiger partial charge in [0.15, 0.2) is 11.8 Å². The van der Waals surface area contributed by atoms with Gasteiger partial charge >= 0.3 is 0 Å². The minimum absolute atomic E-state index is 0.0524. The van der Waals surface area contributed by atoms with E-state index in [4.69, 9.17) is 9.15 Å². The fraction of sp³-hybridized carbons (Fsp3) is 0.292. The SMILES string of the molecule is COc1ccc(N2CC[NH+]([C@H](CNC(=O)c3ccccc3)c3ccco3)CC2)cc1. The lowest BCUT2D eigenvalue weighted by Gasteiger charge is -2.37. The van der Waals surface area contributed by atoms with Crippen LogP contribution in [0, 0.1) is 0 Å². The molecule has 0 spiro atoms. The van der Waals surface area contributed by atoms with E-state index in [0.29, 0.717) is 12.1 Å². The molecular weight excluding hydrogens is 378 g/mol. The van der Waals surface area contributed by atoms with Gasteiger partial charge in [0.2, 0.25) is 0 Å². The van der Waals surface area contributed by atoms with Crippen LogP contribution in [-0.4, -0.2) is 45.7 Å². The molecule has 6 nitrogen and oxygen atoms in total. The first-order chi connectivity index (χ1) is 14.7. The summed E-state index contributed by atoms with van der Waals surface area (Å²) in [6.45, 7) is 4.38. The van der Waals surface area contributed by atoms with E-state index in [9.17, 15) is 4.79 Å². The van der Waals surface area contributed by atoms with Crippen LogP contribution in [0.25, 0.3) is 0 Å². The van der Waals surface area contributed by atoms with E-state index in [1.54, 1.807) is 13.4 Å². The molecule has 2 aromatic carbocycles. The maximum Gasteiger partial charge on any atom is 0.251 e. The fourth-order valence-electron chi connectivity index (χ4n) is 4.02. The molecule has 3 aromatic rings. The summed E-state index contributed by atoms with van der Waals surface area (Å²) in [6.07, 6.45) is 1.70. The highest BCUT2D eigenvalue weighted by atomic mass is 16.5. The Morgan fingerprint density at radius 2 is 1.80 bits per heavy atom. The number of benzene rings is 2. The fourth-order valence-corrected chi connectivity index (χ4v) is 4.02. The largest absolute Gasteiger partial charge is 0.497 e. The number of methoxy groups -OCH3 is 1. The number of nitrogens with zero attached hydrogens (tertiary/aromatic N) is 1. The Bertz CT molecular complexity index is 918. The van der Waals surface area contributed by atoms with Gasteiger partial charge < -0.3 is 24.3 Å². The van der Waals surface area contributed by atoms with Gasteiger partial charge in [-0.15, -0.1) is 0 Å². The molecule has 1 amide bonds. The van der Waals surface area contributed by atoms with Crippen molar-refractivity contribution in [2.24, 2.45) is 0 Å². The second-order valence-corrected chi connectivity index (χ2v) is 7.49. The Labute approximate surface area is 177 Å². The topological polar surface area (TPSA) is 59.1 Å². The number of ether oxygens (including phenoxy) is 1. The monoisotopic (exact) mass is 406 g/mol. The van der Waals surface area contributed by atoms with Gasteiger partial charge in [0.25, 0.3) is 5.91 Å². The summed E-state index contributed by atoms with van der Waals surface area (Å²) in [5.74, 6) is 1.73. The molecule has 1 aliphatic rings. The van der Waals surface area contributed by atoms with Gasteiger partial charge in [0, 0.05) is 11.3 Å². The lowest BCUT2D eigenvalue weighted by atomic mass is 10.1. The molecular formula is C24H28N3O3+. The van der Waals surface area contributed by atoms with Crippen molar-refractivity contribution in [3.05, 3.63) is 84.3 Å². The van der Waals surface area contributed by atoms with Gasteiger partial charge in [-0.05, 0) is 48.5 Å². The van der Waals surface area contributed by atoms with Crippen molar-refractivity contribution in [2.45, 2.75) is 6.04 Å². The van der Waals surface area contributed by atoms with Crippen molar-refractivity contribution in [1.29, 1.82) is 0 Å². The van der Waals surface area contributed by atoms with Crippen molar-refractivity contribution in [2.75, 3.05) is 44.7 Å². The minimum Gasteiger partial charge on any atom is -0.497 e. The number of anilines is 1. The zero-order valence-electron chi connectivity index (χ0n) is 17.2. The van der Waals surface area contributed by atoms with Gasteiger partial charge in [0.05, 0.1) is 46.1 Å². The van der Waals surface area contributed by atoms with Gasteiger partial charge in [-0.2, -0.15) is 0 Å². The van der Waals surface area contributed by atoms with E-state index in [1.807, 2.05) is 54.6 Å². The van der Waals surface area contributed by atoms with Crippen LogP contribution in [0.2, 0.25) is 0 Å². The number of carbonyl (C=O) groups is 1. The lowest BCUT2D eigenvalue weighted by molar-refractivity contribution is -0.932. The van der Waals surface area contributed by atoms with E-state index < -0.39 is 0 Å². The van der Waals surface area contributed by atoms with E-state index in [-0.39, 0.29) is 11.9 Å². The highest BCUT2D eigenvalue weighted by molar-refractivity contribution is 5.94. The molecule has 0 unspecified atom stereocenters. The third-order valence-corrected chi connectivity index (χ3v) is 5.73.